The average Bonchev–Trinajstić information content (AvgIpc) is 2.86. The Morgan fingerprint density at radius 1 is 0.914 bits per heavy atom. The highest BCUT2D eigenvalue weighted by atomic mass is 79.9. The molecule has 0 aromatic heterocycles. The molecule has 1 atom stereocenters. The van der Waals surface area contributed by atoms with Gasteiger partial charge in [0.15, 0.2) is 6.61 Å². The van der Waals surface area contributed by atoms with Crippen LogP contribution in [0.15, 0.2) is 71.2 Å². The van der Waals surface area contributed by atoms with Crippen LogP contribution in [-0.2, 0) is 4.79 Å². The summed E-state index contributed by atoms with van der Waals surface area (Å²) in [5.74, 6) is -0.259. The van der Waals surface area contributed by atoms with Crippen LogP contribution in [0, 0.1) is 6.92 Å². The summed E-state index contributed by atoms with van der Waals surface area (Å²) in [6.45, 7) is 5.93. The first-order chi connectivity index (χ1) is 16.8. The van der Waals surface area contributed by atoms with Gasteiger partial charge in [0, 0.05) is 16.8 Å². The first kappa shape index (κ1) is 26.0. The number of aryl methyl sites for hydroxylation is 1. The Morgan fingerprint density at radius 3 is 2.31 bits per heavy atom. The molecule has 3 amide bonds. The lowest BCUT2D eigenvalue weighted by Crippen LogP contribution is -2.43. The van der Waals surface area contributed by atoms with E-state index in [1.807, 2.05) is 37.3 Å². The fraction of sp³-hybridized carbons (Fsp3) is 0.222. The van der Waals surface area contributed by atoms with E-state index in [1.54, 1.807) is 36.4 Å². The van der Waals surface area contributed by atoms with Crippen molar-refractivity contribution in [1.29, 1.82) is 0 Å². The maximum absolute atomic E-state index is 12.4. The third-order valence-corrected chi connectivity index (χ3v) is 6.12. The largest absolute Gasteiger partial charge is 0.483 e. The highest BCUT2D eigenvalue weighted by molar-refractivity contribution is 9.10. The molecule has 0 saturated carbocycles. The van der Waals surface area contributed by atoms with Crippen LogP contribution < -0.4 is 20.9 Å². The van der Waals surface area contributed by atoms with Gasteiger partial charge in [0.25, 0.3) is 17.7 Å². The summed E-state index contributed by atoms with van der Waals surface area (Å²) in [6.07, 6.45) is 1.03. The number of hydrogen-bond acceptors (Lipinski definition) is 4. The molecule has 0 radical (unpaired) electrons. The van der Waals surface area contributed by atoms with Gasteiger partial charge >= 0.3 is 0 Å². The quantitative estimate of drug-likeness (QED) is 0.337. The molecule has 0 fully saturated rings. The number of nitrogens with one attached hydrogen (secondary N) is 3. The molecule has 0 heterocycles. The fourth-order valence-electron chi connectivity index (χ4n) is 3.25. The monoisotopic (exact) mass is 537 g/mol. The Hall–Kier alpha value is -3.65. The Labute approximate surface area is 213 Å². The Bertz CT molecular complexity index is 1210. The van der Waals surface area contributed by atoms with Gasteiger partial charge in [-0.05, 0) is 89.3 Å². The predicted octanol–water partition coefficient (Wildman–Crippen LogP) is 5.36. The lowest BCUT2D eigenvalue weighted by Gasteiger charge is -2.13. The van der Waals surface area contributed by atoms with Crippen molar-refractivity contribution in [2.75, 3.05) is 11.9 Å². The number of carbonyl (C=O) groups is 3. The minimum atomic E-state index is -0.502. The lowest BCUT2D eigenvalue weighted by atomic mass is 9.99. The molecule has 0 aliphatic carbocycles. The molecule has 3 rings (SSSR count). The topological polar surface area (TPSA) is 96.5 Å². The number of anilines is 1. The fourth-order valence-corrected chi connectivity index (χ4v) is 3.76. The van der Waals surface area contributed by atoms with E-state index in [0.717, 1.165) is 16.5 Å². The van der Waals surface area contributed by atoms with Gasteiger partial charge in [-0.3, -0.25) is 25.2 Å². The molecule has 35 heavy (non-hydrogen) atoms. The molecule has 182 valence electrons. The zero-order valence-corrected chi connectivity index (χ0v) is 21.4. The van der Waals surface area contributed by atoms with Crippen molar-refractivity contribution in [3.05, 3.63) is 93.5 Å². The second-order valence-electron chi connectivity index (χ2n) is 8.19. The predicted molar refractivity (Wildman–Crippen MR) is 140 cm³/mol. The summed E-state index contributed by atoms with van der Waals surface area (Å²) >= 11 is 3.47. The molecular weight excluding hydrogens is 510 g/mol. The SMILES string of the molecule is CCC(C)c1ccc(OCC(=O)NNC(=O)c2ccc(NC(=O)c3cccc(C)c3)cc2)c(Br)c1. The maximum Gasteiger partial charge on any atom is 0.276 e. The standard InChI is InChI=1S/C27H28BrN3O4/c1-4-18(3)20-10-13-24(23(28)15-20)35-16-25(32)30-31-27(34)19-8-11-22(12-9-19)29-26(33)21-7-5-6-17(2)14-21/h5-15,18H,4,16H2,1-3H3,(H,29,33)(H,30,32)(H,31,34). The summed E-state index contributed by atoms with van der Waals surface area (Å²) in [7, 11) is 0. The smallest absolute Gasteiger partial charge is 0.276 e. The number of ether oxygens (including phenoxy) is 1. The molecule has 3 N–H and O–H groups in total. The van der Waals surface area contributed by atoms with Gasteiger partial charge in [-0.2, -0.15) is 0 Å². The first-order valence-corrected chi connectivity index (χ1v) is 12.1. The number of benzene rings is 3. The highest BCUT2D eigenvalue weighted by Gasteiger charge is 2.12. The zero-order chi connectivity index (χ0) is 25.4. The third-order valence-electron chi connectivity index (χ3n) is 5.50. The summed E-state index contributed by atoms with van der Waals surface area (Å²) in [6, 6.07) is 19.4. The lowest BCUT2D eigenvalue weighted by molar-refractivity contribution is -0.123. The van der Waals surface area contributed by atoms with Crippen molar-refractivity contribution in [2.24, 2.45) is 0 Å². The molecule has 3 aromatic carbocycles. The van der Waals surface area contributed by atoms with E-state index >= 15 is 0 Å². The van der Waals surface area contributed by atoms with Crippen molar-refractivity contribution in [2.45, 2.75) is 33.1 Å². The number of hydrazine groups is 1. The van der Waals surface area contributed by atoms with E-state index in [9.17, 15) is 14.4 Å². The van der Waals surface area contributed by atoms with Crippen molar-refractivity contribution in [3.8, 4) is 5.75 Å². The van der Waals surface area contributed by atoms with Crippen LogP contribution in [0.25, 0.3) is 0 Å². The van der Waals surface area contributed by atoms with Crippen molar-refractivity contribution < 1.29 is 19.1 Å². The van der Waals surface area contributed by atoms with E-state index in [1.165, 1.54) is 5.56 Å². The number of amides is 3. The summed E-state index contributed by atoms with van der Waals surface area (Å²) in [4.78, 5) is 36.8. The second kappa shape index (κ2) is 12.2. The summed E-state index contributed by atoms with van der Waals surface area (Å²) in [5, 5.41) is 2.79. The zero-order valence-electron chi connectivity index (χ0n) is 19.9. The van der Waals surface area contributed by atoms with Crippen molar-refractivity contribution in [3.63, 3.8) is 0 Å². The van der Waals surface area contributed by atoms with Crippen LogP contribution in [0.2, 0.25) is 0 Å². The van der Waals surface area contributed by atoms with E-state index < -0.39 is 11.8 Å². The van der Waals surface area contributed by atoms with Crippen LogP contribution in [0.4, 0.5) is 5.69 Å². The van der Waals surface area contributed by atoms with Gasteiger partial charge in [0.2, 0.25) is 0 Å². The molecule has 0 aliphatic rings. The third kappa shape index (κ3) is 7.42. The average molecular weight is 538 g/mol. The number of hydrogen-bond donors (Lipinski definition) is 3. The number of carbonyl (C=O) groups excluding carboxylic acids is 3. The Balaban J connectivity index is 1.47. The second-order valence-corrected chi connectivity index (χ2v) is 9.05. The van der Waals surface area contributed by atoms with Crippen LogP contribution in [0.5, 0.6) is 5.75 Å². The van der Waals surface area contributed by atoms with E-state index in [-0.39, 0.29) is 12.5 Å². The van der Waals surface area contributed by atoms with Gasteiger partial charge in [0.05, 0.1) is 4.47 Å². The van der Waals surface area contributed by atoms with Gasteiger partial charge in [-0.15, -0.1) is 0 Å². The first-order valence-electron chi connectivity index (χ1n) is 11.3. The van der Waals surface area contributed by atoms with Crippen LogP contribution in [0.1, 0.15) is 58.0 Å². The number of rotatable bonds is 8. The molecule has 0 saturated heterocycles. The van der Waals surface area contributed by atoms with Gasteiger partial charge in [0.1, 0.15) is 5.75 Å². The van der Waals surface area contributed by atoms with E-state index in [4.69, 9.17) is 4.74 Å². The van der Waals surface area contributed by atoms with Gasteiger partial charge in [-0.1, -0.05) is 37.6 Å². The summed E-state index contributed by atoms with van der Waals surface area (Å²) < 4.78 is 6.32. The van der Waals surface area contributed by atoms with Crippen molar-refractivity contribution >= 4 is 39.3 Å². The molecule has 1 unspecified atom stereocenters. The maximum atomic E-state index is 12.4. The molecule has 0 spiro atoms. The molecule has 0 bridgehead atoms. The van der Waals surface area contributed by atoms with Crippen molar-refractivity contribution in [1.82, 2.24) is 10.9 Å². The highest BCUT2D eigenvalue weighted by Crippen LogP contribution is 2.30. The number of halogens is 1. The van der Waals surface area contributed by atoms with E-state index in [0.29, 0.717) is 28.5 Å². The molecular formula is C27H28BrN3O4. The molecule has 8 heteroatoms. The van der Waals surface area contributed by atoms with Gasteiger partial charge in [-0.25, -0.2) is 0 Å². The van der Waals surface area contributed by atoms with Crippen LogP contribution in [-0.4, -0.2) is 24.3 Å². The van der Waals surface area contributed by atoms with Crippen LogP contribution in [0.3, 0.4) is 0 Å². The van der Waals surface area contributed by atoms with E-state index in [2.05, 4.69) is 45.9 Å². The Kier molecular flexibility index (Phi) is 9.03. The van der Waals surface area contributed by atoms with Crippen LogP contribution >= 0.6 is 15.9 Å². The minimum absolute atomic E-state index is 0.237. The minimum Gasteiger partial charge on any atom is -0.483 e. The summed E-state index contributed by atoms with van der Waals surface area (Å²) in [5.41, 5.74) is 8.29. The normalized spacial score (nSPS) is 11.3. The molecule has 3 aromatic rings. The Morgan fingerprint density at radius 2 is 1.66 bits per heavy atom. The molecule has 7 nitrogen and oxygen atoms in total. The molecule has 0 aliphatic heterocycles. The van der Waals surface area contributed by atoms with Gasteiger partial charge < -0.3 is 10.1 Å².